The molecule has 2 rings (SSSR count). The van der Waals surface area contributed by atoms with Crippen molar-refractivity contribution in [1.29, 1.82) is 5.26 Å². The number of benzene rings is 1. The number of rotatable bonds is 4. The summed E-state index contributed by atoms with van der Waals surface area (Å²) in [5.41, 5.74) is 2.08. The molecule has 1 aromatic heterocycles. The van der Waals surface area contributed by atoms with Gasteiger partial charge in [-0.3, -0.25) is 0 Å². The largest absolute Gasteiger partial charge is 0.457 e. The van der Waals surface area contributed by atoms with Gasteiger partial charge in [-0.15, -0.1) is 5.10 Å². The highest BCUT2D eigenvalue weighted by atomic mass is 32.1. The van der Waals surface area contributed by atoms with Gasteiger partial charge in [0.2, 0.25) is 0 Å². The molecule has 0 radical (unpaired) electrons. The highest BCUT2D eigenvalue weighted by Gasteiger charge is 2.16. The van der Waals surface area contributed by atoms with Crippen molar-refractivity contribution in [3.63, 3.8) is 0 Å². The first kappa shape index (κ1) is 13.2. The van der Waals surface area contributed by atoms with Crippen molar-refractivity contribution >= 4 is 17.5 Å². The van der Waals surface area contributed by atoms with Gasteiger partial charge in [-0.1, -0.05) is 23.5 Å². The second kappa shape index (κ2) is 6.07. The van der Waals surface area contributed by atoms with Crippen LogP contribution in [0.5, 0.6) is 0 Å². The van der Waals surface area contributed by atoms with Crippen LogP contribution < -0.4 is 0 Å². The van der Waals surface area contributed by atoms with Gasteiger partial charge < -0.3 is 4.74 Å². The second-order valence-corrected chi connectivity index (χ2v) is 4.54. The molecule has 0 bridgehead atoms. The van der Waals surface area contributed by atoms with Crippen LogP contribution in [-0.2, 0) is 17.8 Å². The Kier molecular flexibility index (Phi) is 4.21. The fourth-order valence-electron chi connectivity index (χ4n) is 1.48. The van der Waals surface area contributed by atoms with Crippen LogP contribution in [0, 0.1) is 11.3 Å². The van der Waals surface area contributed by atoms with Crippen molar-refractivity contribution in [3.05, 3.63) is 46.0 Å². The third kappa shape index (κ3) is 3.14. The van der Waals surface area contributed by atoms with E-state index in [1.807, 2.05) is 13.0 Å². The normalized spacial score (nSPS) is 9.89. The van der Waals surface area contributed by atoms with Gasteiger partial charge in [0.15, 0.2) is 4.88 Å². The Bertz CT molecular complexity index is 614. The van der Waals surface area contributed by atoms with Crippen LogP contribution >= 0.6 is 11.5 Å². The van der Waals surface area contributed by atoms with Gasteiger partial charge in [0.05, 0.1) is 17.3 Å². The lowest BCUT2D eigenvalue weighted by molar-refractivity contribution is 0.0477. The van der Waals surface area contributed by atoms with Crippen LogP contribution in [0.3, 0.4) is 0 Å². The number of carbonyl (C=O) groups excluding carboxylic acids is 1. The van der Waals surface area contributed by atoms with Gasteiger partial charge in [-0.25, -0.2) is 4.79 Å². The molecule has 0 spiro atoms. The van der Waals surface area contributed by atoms with E-state index in [-0.39, 0.29) is 6.61 Å². The highest BCUT2D eigenvalue weighted by molar-refractivity contribution is 7.07. The van der Waals surface area contributed by atoms with Crippen molar-refractivity contribution in [2.24, 2.45) is 0 Å². The van der Waals surface area contributed by atoms with Crippen molar-refractivity contribution in [2.45, 2.75) is 20.0 Å². The van der Waals surface area contributed by atoms with E-state index in [2.05, 4.69) is 9.59 Å². The molecular formula is C13H11N3O2S. The van der Waals surface area contributed by atoms with Gasteiger partial charge in [0.25, 0.3) is 0 Å². The van der Waals surface area contributed by atoms with Crippen molar-refractivity contribution < 1.29 is 9.53 Å². The van der Waals surface area contributed by atoms with E-state index in [9.17, 15) is 4.79 Å². The molecule has 0 aliphatic rings. The number of hydrogen-bond acceptors (Lipinski definition) is 6. The average molecular weight is 273 g/mol. The van der Waals surface area contributed by atoms with E-state index in [1.54, 1.807) is 24.3 Å². The molecule has 0 fully saturated rings. The fourth-order valence-corrected chi connectivity index (χ4v) is 2.13. The van der Waals surface area contributed by atoms with Gasteiger partial charge in [-0.05, 0) is 35.6 Å². The summed E-state index contributed by atoms with van der Waals surface area (Å²) in [6.45, 7) is 2.08. The maximum atomic E-state index is 11.8. The first-order valence-corrected chi connectivity index (χ1v) is 6.49. The van der Waals surface area contributed by atoms with E-state index in [0.29, 0.717) is 22.6 Å². The minimum atomic E-state index is -0.406. The van der Waals surface area contributed by atoms with E-state index < -0.39 is 5.97 Å². The SMILES string of the molecule is CCc1nnsc1C(=O)OCc1ccc(C#N)cc1. The molecule has 0 saturated carbocycles. The molecule has 0 saturated heterocycles. The lowest BCUT2D eigenvalue weighted by Crippen LogP contribution is -2.06. The number of nitrogens with zero attached hydrogens (tertiary/aromatic N) is 3. The Morgan fingerprint density at radius 1 is 1.42 bits per heavy atom. The zero-order chi connectivity index (χ0) is 13.7. The highest BCUT2D eigenvalue weighted by Crippen LogP contribution is 2.14. The number of nitriles is 1. The topological polar surface area (TPSA) is 75.9 Å². The number of hydrogen-bond donors (Lipinski definition) is 0. The standard InChI is InChI=1S/C13H11N3O2S/c1-2-11-12(19-16-15-11)13(17)18-8-10-5-3-9(7-14)4-6-10/h3-6H,2,8H2,1H3. The third-order valence-corrected chi connectivity index (χ3v) is 3.28. The molecule has 0 aliphatic carbocycles. The molecule has 0 amide bonds. The Morgan fingerprint density at radius 2 is 2.16 bits per heavy atom. The van der Waals surface area contributed by atoms with Crippen LogP contribution in [0.2, 0.25) is 0 Å². The predicted molar refractivity (Wildman–Crippen MR) is 69.6 cm³/mol. The molecule has 0 atom stereocenters. The van der Waals surface area contributed by atoms with Crippen LogP contribution in [0.1, 0.15) is 33.4 Å². The monoisotopic (exact) mass is 273 g/mol. The summed E-state index contributed by atoms with van der Waals surface area (Å²) in [5, 5.41) is 12.5. The van der Waals surface area contributed by atoms with Crippen LogP contribution in [0.25, 0.3) is 0 Å². The molecule has 96 valence electrons. The van der Waals surface area contributed by atoms with Crippen molar-refractivity contribution in [1.82, 2.24) is 9.59 Å². The maximum Gasteiger partial charge on any atom is 0.352 e. The molecule has 1 heterocycles. The Balaban J connectivity index is 1.98. The average Bonchev–Trinajstić information content (AvgIpc) is 2.93. The molecule has 0 aliphatic heterocycles. The summed E-state index contributed by atoms with van der Waals surface area (Å²) >= 11 is 1.04. The minimum Gasteiger partial charge on any atom is -0.457 e. The quantitative estimate of drug-likeness (QED) is 0.799. The summed E-state index contributed by atoms with van der Waals surface area (Å²) in [6.07, 6.45) is 0.651. The van der Waals surface area contributed by atoms with E-state index in [4.69, 9.17) is 10.00 Å². The third-order valence-electron chi connectivity index (χ3n) is 2.53. The summed E-state index contributed by atoms with van der Waals surface area (Å²) in [4.78, 5) is 12.3. The first-order valence-electron chi connectivity index (χ1n) is 5.72. The van der Waals surface area contributed by atoms with E-state index in [1.165, 1.54) is 0 Å². The number of carbonyl (C=O) groups is 1. The Hall–Kier alpha value is -2.26. The Morgan fingerprint density at radius 3 is 2.79 bits per heavy atom. The van der Waals surface area contributed by atoms with Crippen molar-refractivity contribution in [3.8, 4) is 6.07 Å². The van der Waals surface area contributed by atoms with Crippen LogP contribution in [-0.4, -0.2) is 15.6 Å². The minimum absolute atomic E-state index is 0.172. The number of aryl methyl sites for hydroxylation is 1. The lowest BCUT2D eigenvalue weighted by atomic mass is 10.2. The number of ether oxygens (including phenoxy) is 1. The van der Waals surface area contributed by atoms with Crippen molar-refractivity contribution in [2.75, 3.05) is 0 Å². The fraction of sp³-hybridized carbons (Fsp3) is 0.231. The van der Waals surface area contributed by atoms with Gasteiger partial charge in [0.1, 0.15) is 6.61 Å². The smallest absolute Gasteiger partial charge is 0.352 e. The molecule has 1 aromatic carbocycles. The molecule has 19 heavy (non-hydrogen) atoms. The number of esters is 1. The predicted octanol–water partition coefficient (Wildman–Crippen LogP) is 2.33. The zero-order valence-corrected chi connectivity index (χ0v) is 11.1. The maximum absolute atomic E-state index is 11.8. The number of aromatic nitrogens is 2. The van der Waals surface area contributed by atoms with Crippen LogP contribution in [0.4, 0.5) is 0 Å². The summed E-state index contributed by atoms with van der Waals surface area (Å²) < 4.78 is 8.94. The molecule has 2 aromatic rings. The van der Waals surface area contributed by atoms with Gasteiger partial charge >= 0.3 is 5.97 Å². The summed E-state index contributed by atoms with van der Waals surface area (Å²) in [5.74, 6) is -0.406. The van der Waals surface area contributed by atoms with E-state index in [0.717, 1.165) is 17.1 Å². The zero-order valence-electron chi connectivity index (χ0n) is 10.3. The Labute approximate surface area is 114 Å². The van der Waals surface area contributed by atoms with Gasteiger partial charge in [-0.2, -0.15) is 5.26 Å². The van der Waals surface area contributed by atoms with Gasteiger partial charge in [0, 0.05) is 0 Å². The summed E-state index contributed by atoms with van der Waals surface area (Å²) in [6, 6.07) is 8.94. The second-order valence-electron chi connectivity index (χ2n) is 3.79. The summed E-state index contributed by atoms with van der Waals surface area (Å²) in [7, 11) is 0. The molecular weight excluding hydrogens is 262 g/mol. The molecule has 0 unspecified atom stereocenters. The molecule has 5 nitrogen and oxygen atoms in total. The van der Waals surface area contributed by atoms with Crippen LogP contribution in [0.15, 0.2) is 24.3 Å². The lowest BCUT2D eigenvalue weighted by Gasteiger charge is -2.03. The first-order chi connectivity index (χ1) is 9.24. The molecule has 0 N–H and O–H groups in total. The molecule has 6 heteroatoms. The van der Waals surface area contributed by atoms with E-state index >= 15 is 0 Å².